The van der Waals surface area contributed by atoms with E-state index in [1.54, 1.807) is 7.11 Å². The number of nitrogens with one attached hydrogen (secondary N) is 1. The molecule has 1 fully saturated rings. The zero-order valence-corrected chi connectivity index (χ0v) is 10.9. The van der Waals surface area contributed by atoms with Crippen LogP contribution in [-0.4, -0.2) is 26.0 Å². The second-order valence-corrected chi connectivity index (χ2v) is 4.74. The van der Waals surface area contributed by atoms with E-state index in [0.717, 1.165) is 41.1 Å². The quantitative estimate of drug-likeness (QED) is 0.812. The average molecular weight is 233 g/mol. The van der Waals surface area contributed by atoms with E-state index in [1.807, 2.05) is 26.8 Å². The first-order valence-corrected chi connectivity index (χ1v) is 5.96. The first kappa shape index (κ1) is 12.1. The van der Waals surface area contributed by atoms with Crippen molar-refractivity contribution in [1.29, 1.82) is 0 Å². The Kier molecular flexibility index (Phi) is 3.20. The molecule has 3 nitrogen and oxygen atoms in total. The molecule has 1 aliphatic heterocycles. The van der Waals surface area contributed by atoms with Gasteiger partial charge in [-0.05, 0) is 43.5 Å². The molecular weight excluding hydrogens is 214 g/mol. The largest absolute Gasteiger partial charge is 0.496 e. The molecule has 2 rings (SSSR count). The number of ketones is 1. The van der Waals surface area contributed by atoms with Gasteiger partial charge in [0.05, 0.1) is 7.11 Å². The van der Waals surface area contributed by atoms with Gasteiger partial charge in [0, 0.05) is 24.6 Å². The number of carbonyl (C=O) groups is 1. The molecule has 0 radical (unpaired) electrons. The van der Waals surface area contributed by atoms with Crippen molar-refractivity contribution in [3.05, 3.63) is 28.3 Å². The highest BCUT2D eigenvalue weighted by Gasteiger charge is 2.28. The molecule has 17 heavy (non-hydrogen) atoms. The van der Waals surface area contributed by atoms with Gasteiger partial charge in [0.1, 0.15) is 5.75 Å². The summed E-state index contributed by atoms with van der Waals surface area (Å²) in [6.45, 7) is 7.61. The number of carbonyl (C=O) groups excluding carboxylic acids is 1. The Morgan fingerprint density at radius 2 is 1.94 bits per heavy atom. The third kappa shape index (κ3) is 1.95. The van der Waals surface area contributed by atoms with E-state index in [-0.39, 0.29) is 11.7 Å². The van der Waals surface area contributed by atoms with E-state index in [0.29, 0.717) is 0 Å². The molecular formula is C14H19NO2. The van der Waals surface area contributed by atoms with Crippen LogP contribution in [0.4, 0.5) is 0 Å². The molecule has 1 aliphatic rings. The van der Waals surface area contributed by atoms with Gasteiger partial charge in [0.2, 0.25) is 0 Å². The number of aryl methyl sites for hydroxylation is 1. The summed E-state index contributed by atoms with van der Waals surface area (Å²) in [4.78, 5) is 12.3. The van der Waals surface area contributed by atoms with Gasteiger partial charge in [0.15, 0.2) is 5.78 Å². The van der Waals surface area contributed by atoms with Crippen LogP contribution in [-0.2, 0) is 0 Å². The number of rotatable bonds is 3. The van der Waals surface area contributed by atoms with Gasteiger partial charge in [-0.15, -0.1) is 0 Å². The molecule has 1 aromatic rings. The summed E-state index contributed by atoms with van der Waals surface area (Å²) in [6, 6.07) is 1.96. The number of ether oxygens (including phenoxy) is 1. The van der Waals surface area contributed by atoms with Crippen molar-refractivity contribution in [3.63, 3.8) is 0 Å². The van der Waals surface area contributed by atoms with Gasteiger partial charge >= 0.3 is 0 Å². The smallest absolute Gasteiger partial charge is 0.168 e. The Morgan fingerprint density at radius 3 is 2.41 bits per heavy atom. The van der Waals surface area contributed by atoms with Crippen molar-refractivity contribution in [2.75, 3.05) is 20.2 Å². The van der Waals surface area contributed by atoms with Crippen LogP contribution in [0.25, 0.3) is 0 Å². The molecule has 0 spiro atoms. The van der Waals surface area contributed by atoms with Gasteiger partial charge in [-0.25, -0.2) is 0 Å². The highest BCUT2D eigenvalue weighted by Crippen LogP contribution is 2.30. The molecule has 1 saturated heterocycles. The van der Waals surface area contributed by atoms with Crippen LogP contribution < -0.4 is 10.1 Å². The summed E-state index contributed by atoms with van der Waals surface area (Å²) in [5, 5.41) is 3.14. The van der Waals surface area contributed by atoms with Crippen LogP contribution in [0.1, 0.15) is 27.0 Å². The normalized spacial score (nSPS) is 15.5. The first-order chi connectivity index (χ1) is 8.06. The van der Waals surface area contributed by atoms with Crippen molar-refractivity contribution in [2.45, 2.75) is 20.8 Å². The number of benzene rings is 1. The van der Waals surface area contributed by atoms with Gasteiger partial charge in [-0.1, -0.05) is 0 Å². The lowest BCUT2D eigenvalue weighted by Crippen LogP contribution is -2.46. The van der Waals surface area contributed by atoms with Crippen molar-refractivity contribution in [1.82, 2.24) is 5.32 Å². The van der Waals surface area contributed by atoms with Gasteiger partial charge in [0.25, 0.3) is 0 Å². The third-order valence-corrected chi connectivity index (χ3v) is 3.65. The number of methoxy groups -OCH3 is 1. The van der Waals surface area contributed by atoms with Crippen LogP contribution in [0.15, 0.2) is 6.07 Å². The van der Waals surface area contributed by atoms with Crippen LogP contribution in [0.3, 0.4) is 0 Å². The molecule has 0 aliphatic carbocycles. The number of hydrogen-bond acceptors (Lipinski definition) is 3. The van der Waals surface area contributed by atoms with E-state index in [2.05, 4.69) is 5.32 Å². The molecule has 1 aromatic carbocycles. The lowest BCUT2D eigenvalue weighted by Gasteiger charge is -2.27. The van der Waals surface area contributed by atoms with Crippen molar-refractivity contribution in [2.24, 2.45) is 5.92 Å². The van der Waals surface area contributed by atoms with Crippen LogP contribution in [0.5, 0.6) is 5.75 Å². The summed E-state index contributed by atoms with van der Waals surface area (Å²) >= 11 is 0. The maximum Gasteiger partial charge on any atom is 0.168 e. The molecule has 3 heteroatoms. The predicted octanol–water partition coefficient (Wildman–Crippen LogP) is 2.02. The zero-order chi connectivity index (χ0) is 12.6. The minimum atomic E-state index is 0.154. The average Bonchev–Trinajstić information content (AvgIpc) is 2.21. The molecule has 0 unspecified atom stereocenters. The third-order valence-electron chi connectivity index (χ3n) is 3.65. The minimum Gasteiger partial charge on any atom is -0.496 e. The predicted molar refractivity (Wildman–Crippen MR) is 67.9 cm³/mol. The minimum absolute atomic E-state index is 0.154. The number of Topliss-reactive ketones (excluding diaryl/α,β-unsaturated/α-hetero) is 1. The highest BCUT2D eigenvalue weighted by atomic mass is 16.5. The summed E-state index contributed by atoms with van der Waals surface area (Å²) < 4.78 is 5.37. The summed E-state index contributed by atoms with van der Waals surface area (Å²) in [5.74, 6) is 1.31. The summed E-state index contributed by atoms with van der Waals surface area (Å²) in [6.07, 6.45) is 0. The first-order valence-electron chi connectivity index (χ1n) is 5.96. The Balaban J connectivity index is 2.44. The molecule has 0 atom stereocenters. The molecule has 1 N–H and O–H groups in total. The fourth-order valence-electron chi connectivity index (χ4n) is 2.32. The second kappa shape index (κ2) is 4.49. The van der Waals surface area contributed by atoms with E-state index in [4.69, 9.17) is 4.74 Å². The fourth-order valence-corrected chi connectivity index (χ4v) is 2.32. The Morgan fingerprint density at radius 1 is 1.29 bits per heavy atom. The Hall–Kier alpha value is -1.35. The molecule has 0 aromatic heterocycles. The topological polar surface area (TPSA) is 38.3 Å². The maximum absolute atomic E-state index is 12.3. The number of hydrogen-bond donors (Lipinski definition) is 1. The molecule has 0 saturated carbocycles. The lowest BCUT2D eigenvalue weighted by molar-refractivity contribution is 0.0877. The van der Waals surface area contributed by atoms with E-state index in [1.165, 1.54) is 0 Å². The van der Waals surface area contributed by atoms with Crippen molar-refractivity contribution < 1.29 is 9.53 Å². The van der Waals surface area contributed by atoms with E-state index < -0.39 is 0 Å². The maximum atomic E-state index is 12.3. The molecule has 0 bridgehead atoms. The van der Waals surface area contributed by atoms with Crippen LogP contribution in [0.2, 0.25) is 0 Å². The summed E-state index contributed by atoms with van der Waals surface area (Å²) in [7, 11) is 1.67. The molecule has 0 amide bonds. The summed E-state index contributed by atoms with van der Waals surface area (Å²) in [5.41, 5.74) is 4.01. The van der Waals surface area contributed by atoms with Crippen LogP contribution >= 0.6 is 0 Å². The van der Waals surface area contributed by atoms with Gasteiger partial charge in [-0.2, -0.15) is 0 Å². The van der Waals surface area contributed by atoms with Gasteiger partial charge in [-0.3, -0.25) is 4.79 Å². The SMILES string of the molecule is COc1c(C)cc(C(=O)C2CNC2)c(C)c1C. The van der Waals surface area contributed by atoms with Crippen molar-refractivity contribution in [3.8, 4) is 5.75 Å². The Bertz CT molecular complexity index is 462. The Labute approximate surface area is 102 Å². The van der Waals surface area contributed by atoms with Crippen LogP contribution in [0, 0.1) is 26.7 Å². The van der Waals surface area contributed by atoms with Gasteiger partial charge < -0.3 is 10.1 Å². The standard InChI is InChI=1S/C14H19NO2/c1-8-5-12(13(16)11-6-15-7-11)9(2)10(3)14(8)17-4/h5,11,15H,6-7H2,1-4H3. The monoisotopic (exact) mass is 233 g/mol. The van der Waals surface area contributed by atoms with E-state index >= 15 is 0 Å². The fraction of sp³-hybridized carbons (Fsp3) is 0.500. The van der Waals surface area contributed by atoms with Crippen molar-refractivity contribution >= 4 is 5.78 Å². The zero-order valence-electron chi connectivity index (χ0n) is 10.9. The second-order valence-electron chi connectivity index (χ2n) is 4.74. The highest BCUT2D eigenvalue weighted by molar-refractivity contribution is 6.00. The molecule has 1 heterocycles. The lowest BCUT2D eigenvalue weighted by atomic mass is 9.87. The van der Waals surface area contributed by atoms with E-state index in [9.17, 15) is 4.79 Å². The molecule has 92 valence electrons.